The van der Waals surface area contributed by atoms with E-state index >= 15 is 0 Å². The molecule has 1 aliphatic rings. The summed E-state index contributed by atoms with van der Waals surface area (Å²) in [4.78, 5) is 17.1. The number of carbonyl (C=O) groups is 1. The van der Waals surface area contributed by atoms with E-state index in [2.05, 4.69) is 11.9 Å². The van der Waals surface area contributed by atoms with Crippen molar-refractivity contribution < 1.29 is 17.9 Å². The van der Waals surface area contributed by atoms with Crippen LogP contribution in [0.15, 0.2) is 22.0 Å². The standard InChI is InChI=1S/C31H52N2O4S/c1-5-7-8-9-10-11-12-13-14-15-16-17-18-19-20-21-22-33-29(25-30(34)37-6-2)32-31-27(4)23-26(3)24-28(31)38(33,35)36/h23-24H,5-22,25H2,1-4H3. The van der Waals surface area contributed by atoms with Crippen LogP contribution in [0, 0.1) is 13.8 Å². The highest BCUT2D eigenvalue weighted by atomic mass is 32.2. The first-order valence-electron chi connectivity index (χ1n) is 15.2. The zero-order valence-corrected chi connectivity index (χ0v) is 25.3. The monoisotopic (exact) mass is 548 g/mol. The summed E-state index contributed by atoms with van der Waals surface area (Å²) in [5.41, 5.74) is 2.13. The van der Waals surface area contributed by atoms with Gasteiger partial charge in [-0.3, -0.25) is 9.10 Å². The molecule has 0 spiro atoms. The van der Waals surface area contributed by atoms with Crippen LogP contribution in [0.4, 0.5) is 5.69 Å². The Bertz CT molecular complexity index is 988. The minimum absolute atomic E-state index is 0.140. The van der Waals surface area contributed by atoms with Crippen molar-refractivity contribution in [2.75, 3.05) is 13.2 Å². The number of carbonyl (C=O) groups excluding carboxylic acids is 1. The highest BCUT2D eigenvalue weighted by molar-refractivity contribution is 7.90. The van der Waals surface area contributed by atoms with Gasteiger partial charge in [-0.2, -0.15) is 0 Å². The topological polar surface area (TPSA) is 76.0 Å². The molecule has 0 fully saturated rings. The molecule has 0 saturated carbocycles. The van der Waals surface area contributed by atoms with Crippen LogP contribution < -0.4 is 0 Å². The molecule has 0 bridgehead atoms. The average Bonchev–Trinajstić information content (AvgIpc) is 2.86. The molecule has 0 radical (unpaired) electrons. The molecule has 216 valence electrons. The molecule has 0 atom stereocenters. The molecule has 0 saturated heterocycles. The minimum Gasteiger partial charge on any atom is -0.466 e. The number of benzene rings is 1. The van der Waals surface area contributed by atoms with Gasteiger partial charge in [0.05, 0.1) is 12.3 Å². The largest absolute Gasteiger partial charge is 0.466 e. The van der Waals surface area contributed by atoms with E-state index in [1.165, 1.54) is 87.8 Å². The summed E-state index contributed by atoms with van der Waals surface area (Å²) in [5, 5.41) is 0. The number of amidine groups is 1. The van der Waals surface area contributed by atoms with Crippen molar-refractivity contribution in [1.29, 1.82) is 0 Å². The van der Waals surface area contributed by atoms with Gasteiger partial charge < -0.3 is 4.74 Å². The summed E-state index contributed by atoms with van der Waals surface area (Å²) < 4.78 is 33.5. The zero-order chi connectivity index (χ0) is 27.8. The van der Waals surface area contributed by atoms with Crippen molar-refractivity contribution in [3.8, 4) is 0 Å². The van der Waals surface area contributed by atoms with E-state index in [1.807, 2.05) is 19.9 Å². The second-order valence-electron chi connectivity index (χ2n) is 10.8. The fourth-order valence-corrected chi connectivity index (χ4v) is 7.00. The summed E-state index contributed by atoms with van der Waals surface area (Å²) in [6.07, 6.45) is 20.2. The number of nitrogens with zero attached hydrogens (tertiary/aromatic N) is 2. The number of sulfonamides is 1. The van der Waals surface area contributed by atoms with Crippen LogP contribution in [0.3, 0.4) is 0 Å². The molecule has 1 aromatic carbocycles. The van der Waals surface area contributed by atoms with Crippen molar-refractivity contribution in [3.63, 3.8) is 0 Å². The number of esters is 1. The van der Waals surface area contributed by atoms with Gasteiger partial charge >= 0.3 is 5.97 Å². The van der Waals surface area contributed by atoms with Crippen LogP contribution >= 0.6 is 0 Å². The van der Waals surface area contributed by atoms with Crippen LogP contribution in [0.2, 0.25) is 0 Å². The number of hydrogen-bond acceptors (Lipinski definition) is 5. The van der Waals surface area contributed by atoms with Crippen molar-refractivity contribution in [3.05, 3.63) is 23.3 Å². The van der Waals surface area contributed by atoms with Crippen molar-refractivity contribution in [2.24, 2.45) is 4.99 Å². The number of unbranched alkanes of at least 4 members (excludes halogenated alkanes) is 15. The predicted octanol–water partition coefficient (Wildman–Crippen LogP) is 8.55. The molecular weight excluding hydrogens is 496 g/mol. The lowest BCUT2D eigenvalue weighted by atomic mass is 10.0. The van der Waals surface area contributed by atoms with Crippen molar-refractivity contribution >= 4 is 27.5 Å². The molecule has 7 heteroatoms. The fourth-order valence-electron chi connectivity index (χ4n) is 5.22. The number of aryl methyl sites for hydroxylation is 2. The molecule has 38 heavy (non-hydrogen) atoms. The third-order valence-corrected chi connectivity index (χ3v) is 9.17. The first kappa shape index (κ1) is 32.3. The van der Waals surface area contributed by atoms with Gasteiger partial charge in [-0.15, -0.1) is 0 Å². The normalized spacial score (nSPS) is 14.3. The first-order chi connectivity index (χ1) is 18.3. The molecule has 1 heterocycles. The summed E-state index contributed by atoms with van der Waals surface area (Å²) in [6, 6.07) is 3.61. The number of fused-ring (bicyclic) bond motifs is 1. The lowest BCUT2D eigenvalue weighted by Crippen LogP contribution is -2.41. The van der Waals surface area contributed by atoms with Gasteiger partial charge in [0.2, 0.25) is 0 Å². The molecular formula is C31H52N2O4S. The van der Waals surface area contributed by atoms with Gasteiger partial charge in [-0.05, 0) is 44.4 Å². The van der Waals surface area contributed by atoms with E-state index in [-0.39, 0.29) is 23.8 Å². The van der Waals surface area contributed by atoms with E-state index < -0.39 is 16.0 Å². The summed E-state index contributed by atoms with van der Waals surface area (Å²) in [6.45, 7) is 8.36. The first-order valence-corrected chi connectivity index (χ1v) is 16.6. The molecule has 0 aromatic heterocycles. The lowest BCUT2D eigenvalue weighted by Gasteiger charge is -2.30. The molecule has 1 aliphatic heterocycles. The van der Waals surface area contributed by atoms with Gasteiger partial charge in [0, 0.05) is 6.54 Å². The van der Waals surface area contributed by atoms with E-state index in [9.17, 15) is 13.2 Å². The van der Waals surface area contributed by atoms with Crippen LogP contribution in [-0.2, 0) is 19.6 Å². The van der Waals surface area contributed by atoms with Gasteiger partial charge in [0.25, 0.3) is 10.0 Å². The third-order valence-electron chi connectivity index (χ3n) is 7.33. The Hall–Kier alpha value is -1.89. The molecule has 0 amide bonds. The predicted molar refractivity (Wildman–Crippen MR) is 158 cm³/mol. The smallest absolute Gasteiger partial charge is 0.313 e. The Labute approximate surface area is 232 Å². The Morgan fingerprint density at radius 1 is 0.789 bits per heavy atom. The van der Waals surface area contributed by atoms with E-state index in [4.69, 9.17) is 4.74 Å². The Morgan fingerprint density at radius 3 is 1.79 bits per heavy atom. The van der Waals surface area contributed by atoms with Crippen molar-refractivity contribution in [2.45, 2.75) is 142 Å². The molecule has 1 aromatic rings. The third kappa shape index (κ3) is 10.7. The Kier molecular flexibility index (Phi) is 15.0. The lowest BCUT2D eigenvalue weighted by molar-refractivity contribution is -0.141. The highest BCUT2D eigenvalue weighted by Gasteiger charge is 2.35. The second kappa shape index (κ2) is 17.6. The van der Waals surface area contributed by atoms with Crippen LogP contribution in [0.1, 0.15) is 134 Å². The van der Waals surface area contributed by atoms with Crippen molar-refractivity contribution in [1.82, 2.24) is 4.31 Å². The van der Waals surface area contributed by atoms with E-state index in [0.717, 1.165) is 30.4 Å². The second-order valence-corrected chi connectivity index (χ2v) is 12.6. The van der Waals surface area contributed by atoms with Gasteiger partial charge in [0.1, 0.15) is 17.2 Å². The molecule has 6 nitrogen and oxygen atoms in total. The van der Waals surface area contributed by atoms with E-state index in [1.54, 1.807) is 13.0 Å². The molecule has 0 unspecified atom stereocenters. The van der Waals surface area contributed by atoms with Crippen LogP contribution in [0.5, 0.6) is 0 Å². The van der Waals surface area contributed by atoms with Gasteiger partial charge in [-0.25, -0.2) is 13.4 Å². The minimum atomic E-state index is -3.76. The number of hydrogen-bond donors (Lipinski definition) is 0. The number of ether oxygens (including phenoxy) is 1. The zero-order valence-electron chi connectivity index (χ0n) is 24.5. The maximum Gasteiger partial charge on any atom is 0.313 e. The Balaban J connectivity index is 1.73. The highest BCUT2D eigenvalue weighted by Crippen LogP contribution is 2.37. The quantitative estimate of drug-likeness (QED) is 0.121. The molecule has 0 N–H and O–H groups in total. The van der Waals surface area contributed by atoms with Crippen LogP contribution in [0.25, 0.3) is 0 Å². The summed E-state index contributed by atoms with van der Waals surface area (Å²) >= 11 is 0. The molecule has 0 aliphatic carbocycles. The number of aliphatic imine (C=N–C) groups is 1. The summed E-state index contributed by atoms with van der Waals surface area (Å²) in [7, 11) is -3.76. The number of rotatable bonds is 20. The Morgan fingerprint density at radius 2 is 1.29 bits per heavy atom. The average molecular weight is 549 g/mol. The van der Waals surface area contributed by atoms with Crippen LogP contribution in [-0.4, -0.2) is 37.7 Å². The summed E-state index contributed by atoms with van der Waals surface area (Å²) in [5.74, 6) is -0.185. The van der Waals surface area contributed by atoms with Gasteiger partial charge in [0.15, 0.2) is 0 Å². The maximum absolute atomic E-state index is 13.5. The maximum atomic E-state index is 13.5. The van der Waals surface area contributed by atoms with E-state index in [0.29, 0.717) is 12.2 Å². The molecule has 2 rings (SSSR count). The fraction of sp³-hybridized carbons (Fsp3) is 0.742. The SMILES string of the molecule is CCCCCCCCCCCCCCCCCCN1C(CC(=O)OCC)=Nc2c(C)cc(C)cc2S1(=O)=O. The van der Waals surface area contributed by atoms with Gasteiger partial charge in [-0.1, -0.05) is 109 Å².